The number of amides is 1. The van der Waals surface area contributed by atoms with Gasteiger partial charge >= 0.3 is 0 Å². The van der Waals surface area contributed by atoms with Crippen molar-refractivity contribution in [1.82, 2.24) is 14.5 Å². The van der Waals surface area contributed by atoms with Crippen LogP contribution in [0.4, 0.5) is 5.13 Å². The van der Waals surface area contributed by atoms with Crippen molar-refractivity contribution in [3.05, 3.63) is 22.5 Å². The molecule has 2 aliphatic rings. The second-order valence-corrected chi connectivity index (χ2v) is 8.68. The summed E-state index contributed by atoms with van der Waals surface area (Å²) in [5.74, 6) is 0.846. The number of nitrogens with zero attached hydrogens (tertiary/aromatic N) is 3. The van der Waals surface area contributed by atoms with Crippen LogP contribution in [0.15, 0.2) is 11.4 Å². The summed E-state index contributed by atoms with van der Waals surface area (Å²) < 4.78 is 1.92. The van der Waals surface area contributed by atoms with Gasteiger partial charge in [-0.15, -0.1) is 0 Å². The number of thioether (sulfide) groups is 1. The molecule has 0 unspecified atom stereocenters. The normalized spacial score (nSPS) is 18.6. The fraction of sp³-hybridized carbons (Fsp3) is 0.467. The van der Waals surface area contributed by atoms with Gasteiger partial charge in [-0.25, -0.2) is 9.97 Å². The molecule has 0 saturated carbocycles. The van der Waals surface area contributed by atoms with Crippen molar-refractivity contribution in [1.29, 1.82) is 0 Å². The van der Waals surface area contributed by atoms with Crippen molar-refractivity contribution in [3.63, 3.8) is 0 Å². The van der Waals surface area contributed by atoms with Crippen LogP contribution < -0.4 is 5.32 Å². The number of hydrogen-bond donors (Lipinski definition) is 1. The number of aromatic nitrogens is 3. The molecule has 1 amide bonds. The molecule has 0 atom stereocenters. The van der Waals surface area contributed by atoms with Crippen LogP contribution in [0, 0.1) is 5.41 Å². The van der Waals surface area contributed by atoms with Crippen LogP contribution >= 0.6 is 23.1 Å². The Balaban J connectivity index is 1.58. The van der Waals surface area contributed by atoms with Gasteiger partial charge in [-0.3, -0.25) is 14.9 Å². The zero-order valence-corrected chi connectivity index (χ0v) is 14.5. The summed E-state index contributed by atoms with van der Waals surface area (Å²) in [7, 11) is 0. The number of imidazole rings is 1. The Morgan fingerprint density at radius 2 is 2.22 bits per heavy atom. The van der Waals surface area contributed by atoms with Gasteiger partial charge in [0.25, 0.3) is 5.91 Å². The summed E-state index contributed by atoms with van der Waals surface area (Å²) in [5.41, 5.74) is 1.29. The minimum Gasteiger partial charge on any atom is -0.314 e. The molecule has 23 heavy (non-hydrogen) atoms. The van der Waals surface area contributed by atoms with Gasteiger partial charge in [0.05, 0.1) is 16.8 Å². The molecule has 4 rings (SSSR count). The lowest BCUT2D eigenvalue weighted by Crippen LogP contribution is -2.26. The predicted molar refractivity (Wildman–Crippen MR) is 89.5 cm³/mol. The monoisotopic (exact) mass is 348 g/mol. The molecular weight excluding hydrogens is 332 g/mol. The van der Waals surface area contributed by atoms with E-state index < -0.39 is 0 Å². The average Bonchev–Trinajstić information content (AvgIpc) is 3.10. The topological polar surface area (TPSA) is 76.9 Å². The molecule has 0 radical (unpaired) electrons. The highest BCUT2D eigenvalue weighted by Crippen LogP contribution is 2.38. The van der Waals surface area contributed by atoms with E-state index in [1.807, 2.05) is 4.57 Å². The summed E-state index contributed by atoms with van der Waals surface area (Å²) >= 11 is 2.92. The summed E-state index contributed by atoms with van der Waals surface area (Å²) in [4.78, 5) is 34.1. The number of thiazole rings is 1. The first-order chi connectivity index (χ1) is 10.9. The highest BCUT2D eigenvalue weighted by Gasteiger charge is 2.34. The molecule has 3 heterocycles. The lowest BCUT2D eigenvalue weighted by atomic mass is 9.78. The van der Waals surface area contributed by atoms with E-state index in [1.165, 1.54) is 11.3 Å². The largest absolute Gasteiger partial charge is 0.314 e. The quantitative estimate of drug-likeness (QED) is 0.903. The molecule has 1 N–H and O–H groups in total. The van der Waals surface area contributed by atoms with Gasteiger partial charge in [0.15, 0.2) is 16.1 Å². The van der Waals surface area contributed by atoms with E-state index in [0.29, 0.717) is 22.1 Å². The Morgan fingerprint density at radius 1 is 1.39 bits per heavy atom. The zero-order valence-electron chi connectivity index (χ0n) is 12.9. The second kappa shape index (κ2) is 5.17. The van der Waals surface area contributed by atoms with Crippen molar-refractivity contribution >= 4 is 39.9 Å². The van der Waals surface area contributed by atoms with Gasteiger partial charge in [0.1, 0.15) is 5.69 Å². The molecule has 0 saturated heterocycles. The summed E-state index contributed by atoms with van der Waals surface area (Å²) in [5, 5.41) is 4.20. The lowest BCUT2D eigenvalue weighted by Gasteiger charge is -2.26. The highest BCUT2D eigenvalue weighted by molar-refractivity contribution is 7.99. The molecule has 8 heteroatoms. The van der Waals surface area contributed by atoms with E-state index in [0.717, 1.165) is 29.6 Å². The average molecular weight is 348 g/mol. The Bertz CT molecular complexity index is 822. The molecule has 2 aromatic heterocycles. The maximum atomic E-state index is 12.5. The minimum absolute atomic E-state index is 0.0665. The Morgan fingerprint density at radius 3 is 3.04 bits per heavy atom. The maximum absolute atomic E-state index is 12.5. The minimum atomic E-state index is -0.218. The standard InChI is InChI=1S/C15H16N4O2S2/c1-15(2)5-8-11(10(20)6-15)23-13(17-8)18-12(21)9-7-16-14-19(9)3-4-22-14/h7H,3-6H2,1-2H3,(H,17,18,21). The van der Waals surface area contributed by atoms with Crippen LogP contribution in [0.2, 0.25) is 0 Å². The van der Waals surface area contributed by atoms with E-state index in [9.17, 15) is 9.59 Å². The molecule has 0 aromatic carbocycles. The van der Waals surface area contributed by atoms with Gasteiger partial charge in [-0.05, 0) is 11.8 Å². The summed E-state index contributed by atoms with van der Waals surface area (Å²) in [6, 6.07) is 0. The van der Waals surface area contributed by atoms with Crippen molar-refractivity contribution in [3.8, 4) is 0 Å². The molecule has 1 aliphatic carbocycles. The number of fused-ring (bicyclic) bond motifs is 2. The van der Waals surface area contributed by atoms with Crippen molar-refractivity contribution in [2.75, 3.05) is 11.1 Å². The van der Waals surface area contributed by atoms with Gasteiger partial charge in [-0.1, -0.05) is 36.9 Å². The number of rotatable bonds is 2. The van der Waals surface area contributed by atoms with Crippen LogP contribution in [0.25, 0.3) is 0 Å². The summed E-state index contributed by atoms with van der Waals surface area (Å²) in [6.07, 6.45) is 2.89. The highest BCUT2D eigenvalue weighted by atomic mass is 32.2. The van der Waals surface area contributed by atoms with E-state index >= 15 is 0 Å². The van der Waals surface area contributed by atoms with Crippen LogP contribution in [0.3, 0.4) is 0 Å². The van der Waals surface area contributed by atoms with Crippen molar-refractivity contribution in [2.24, 2.45) is 5.41 Å². The molecule has 1 aliphatic heterocycles. The third kappa shape index (κ3) is 2.59. The van der Waals surface area contributed by atoms with Crippen LogP contribution in [0.5, 0.6) is 0 Å². The maximum Gasteiger partial charge on any atom is 0.275 e. The number of anilines is 1. The number of ketones is 1. The van der Waals surface area contributed by atoms with E-state index in [4.69, 9.17) is 0 Å². The molecular formula is C15H16N4O2S2. The van der Waals surface area contributed by atoms with E-state index in [-0.39, 0.29) is 17.1 Å². The van der Waals surface area contributed by atoms with Crippen LogP contribution in [-0.4, -0.2) is 32.0 Å². The zero-order chi connectivity index (χ0) is 16.2. The first-order valence-electron chi connectivity index (χ1n) is 7.45. The fourth-order valence-corrected chi connectivity index (χ4v) is 4.88. The van der Waals surface area contributed by atoms with Gasteiger partial charge < -0.3 is 4.57 Å². The van der Waals surface area contributed by atoms with Crippen molar-refractivity contribution < 1.29 is 9.59 Å². The number of Topliss-reactive ketones (excluding diaryl/α,β-unsaturated/α-hetero) is 1. The van der Waals surface area contributed by atoms with E-state index in [2.05, 4.69) is 29.1 Å². The van der Waals surface area contributed by atoms with Gasteiger partial charge in [0.2, 0.25) is 0 Å². The number of carbonyl (C=O) groups is 2. The SMILES string of the molecule is CC1(C)CC(=O)c2sc(NC(=O)c3cnc4n3CCS4)nc2C1. The fourth-order valence-electron chi connectivity index (χ4n) is 3.03. The molecule has 6 nitrogen and oxygen atoms in total. The number of hydrogen-bond acceptors (Lipinski definition) is 6. The molecule has 2 aromatic rings. The third-order valence-electron chi connectivity index (χ3n) is 4.05. The third-order valence-corrected chi connectivity index (χ3v) is 6.08. The molecule has 0 fully saturated rings. The van der Waals surface area contributed by atoms with Crippen LogP contribution in [0.1, 0.15) is 46.1 Å². The van der Waals surface area contributed by atoms with Crippen molar-refractivity contribution in [2.45, 2.75) is 38.4 Å². The number of carbonyl (C=O) groups excluding carboxylic acids is 2. The number of nitrogens with one attached hydrogen (secondary N) is 1. The molecule has 120 valence electrons. The first-order valence-corrected chi connectivity index (χ1v) is 9.26. The van der Waals surface area contributed by atoms with E-state index in [1.54, 1.807) is 18.0 Å². The Kier molecular flexibility index (Phi) is 3.35. The summed E-state index contributed by atoms with van der Waals surface area (Å²) in [6.45, 7) is 4.93. The second-order valence-electron chi connectivity index (χ2n) is 6.62. The Labute approximate surface area is 141 Å². The predicted octanol–water partition coefficient (Wildman–Crippen LogP) is 2.85. The van der Waals surface area contributed by atoms with Gasteiger partial charge in [-0.2, -0.15) is 0 Å². The molecule has 0 bridgehead atoms. The Hall–Kier alpha value is -1.67. The van der Waals surface area contributed by atoms with Crippen LogP contribution in [-0.2, 0) is 13.0 Å². The molecule has 0 spiro atoms. The smallest absolute Gasteiger partial charge is 0.275 e. The lowest BCUT2D eigenvalue weighted by molar-refractivity contribution is 0.0915. The first kappa shape index (κ1) is 14.9. The van der Waals surface area contributed by atoms with Gasteiger partial charge in [0, 0.05) is 18.7 Å².